The Labute approximate surface area is 201 Å². The van der Waals surface area contributed by atoms with Crippen molar-refractivity contribution in [3.05, 3.63) is 78.1 Å². The summed E-state index contributed by atoms with van der Waals surface area (Å²) >= 11 is 0. The molecule has 2 heterocycles. The number of nitrogens with zero attached hydrogens (tertiary/aromatic N) is 2. The van der Waals surface area contributed by atoms with Gasteiger partial charge in [0.25, 0.3) is 0 Å². The maximum atomic E-state index is 12.9. The van der Waals surface area contributed by atoms with Crippen LogP contribution in [0.15, 0.2) is 67.0 Å². The van der Waals surface area contributed by atoms with Crippen LogP contribution < -0.4 is 5.73 Å². The Bertz CT molecular complexity index is 1130. The van der Waals surface area contributed by atoms with Crippen LogP contribution in [0.4, 0.5) is 13.2 Å². The van der Waals surface area contributed by atoms with Crippen molar-refractivity contribution in [2.75, 3.05) is 19.6 Å². The lowest BCUT2D eigenvalue weighted by Crippen LogP contribution is -2.41. The second kappa shape index (κ2) is 11.8. The van der Waals surface area contributed by atoms with Gasteiger partial charge in [-0.05, 0) is 53.8 Å². The van der Waals surface area contributed by atoms with E-state index in [2.05, 4.69) is 29.2 Å². The molecule has 2 aromatic carbocycles. The van der Waals surface area contributed by atoms with Crippen molar-refractivity contribution in [3.8, 4) is 0 Å². The molecule has 0 saturated carbocycles. The number of benzene rings is 2. The summed E-state index contributed by atoms with van der Waals surface area (Å²) in [6.45, 7) is 2.30. The van der Waals surface area contributed by atoms with Crippen molar-refractivity contribution in [2.24, 2.45) is 11.7 Å². The Morgan fingerprint density at radius 2 is 1.71 bits per heavy atom. The van der Waals surface area contributed by atoms with Crippen LogP contribution >= 0.6 is 0 Å². The lowest BCUT2D eigenvalue weighted by Gasteiger charge is -2.36. The molecular formula is C26H28F3N3O3. The smallest absolute Gasteiger partial charge is 0.475 e. The number of carbonyl (C=O) groups is 2. The van der Waals surface area contributed by atoms with E-state index in [-0.39, 0.29) is 5.91 Å². The van der Waals surface area contributed by atoms with E-state index < -0.39 is 12.1 Å². The summed E-state index contributed by atoms with van der Waals surface area (Å²) in [5, 5.41) is 9.33. The fourth-order valence-electron chi connectivity index (χ4n) is 4.47. The molecule has 4 rings (SSSR count). The molecule has 1 aliphatic heterocycles. The van der Waals surface area contributed by atoms with Gasteiger partial charge in [0.1, 0.15) is 0 Å². The van der Waals surface area contributed by atoms with E-state index in [0.29, 0.717) is 24.8 Å². The van der Waals surface area contributed by atoms with E-state index >= 15 is 0 Å². The second-order valence-electron chi connectivity index (χ2n) is 8.46. The monoisotopic (exact) mass is 487 g/mol. The number of hydrogen-bond acceptors (Lipinski definition) is 4. The Morgan fingerprint density at radius 1 is 1.06 bits per heavy atom. The lowest BCUT2D eigenvalue weighted by atomic mass is 9.80. The molecule has 1 amide bonds. The third kappa shape index (κ3) is 7.02. The van der Waals surface area contributed by atoms with Crippen LogP contribution in [0.3, 0.4) is 0 Å². The van der Waals surface area contributed by atoms with E-state index in [1.807, 2.05) is 41.4 Å². The van der Waals surface area contributed by atoms with Crippen LogP contribution in [0.25, 0.3) is 10.8 Å². The number of nitrogens with two attached hydrogens (primary N) is 1. The van der Waals surface area contributed by atoms with Crippen molar-refractivity contribution in [1.29, 1.82) is 0 Å². The molecule has 3 aromatic rings. The highest BCUT2D eigenvalue weighted by atomic mass is 19.4. The molecule has 6 nitrogen and oxygen atoms in total. The van der Waals surface area contributed by atoms with Gasteiger partial charge in [-0.25, -0.2) is 4.79 Å². The zero-order valence-electron chi connectivity index (χ0n) is 19.1. The minimum Gasteiger partial charge on any atom is -0.475 e. The number of alkyl halides is 3. The summed E-state index contributed by atoms with van der Waals surface area (Å²) in [5.41, 5.74) is 8.50. The number of likely N-dealkylation sites (tertiary alicyclic amines) is 1. The standard InChI is InChI=1S/C24H27N3O.C2HF3O2/c25-16-23(18-5-2-1-3-6-18)19-10-13-27(14-11-19)24(28)15-20-7-4-8-21-17-26-12-9-22(20)21;3-2(4,5)1(6)7/h1-9,12,17,19,23H,10-11,13-16,25H2;(H,6,7). The van der Waals surface area contributed by atoms with E-state index in [1.54, 1.807) is 6.20 Å². The third-order valence-electron chi connectivity index (χ3n) is 6.30. The number of piperidine rings is 1. The average Bonchev–Trinajstić information content (AvgIpc) is 2.85. The number of carboxylic acids is 1. The molecule has 0 spiro atoms. The maximum absolute atomic E-state index is 12.9. The number of fused-ring (bicyclic) bond motifs is 1. The molecule has 1 saturated heterocycles. The number of amides is 1. The molecule has 1 aliphatic rings. The third-order valence-corrected chi connectivity index (χ3v) is 6.30. The number of carboxylic acid groups (broad SMARTS) is 1. The van der Waals surface area contributed by atoms with Crippen molar-refractivity contribution in [3.63, 3.8) is 0 Å². The molecule has 0 radical (unpaired) electrons. The molecule has 9 heteroatoms. The van der Waals surface area contributed by atoms with Gasteiger partial charge in [0.15, 0.2) is 0 Å². The maximum Gasteiger partial charge on any atom is 0.490 e. The Kier molecular flexibility index (Phi) is 8.81. The van der Waals surface area contributed by atoms with Crippen LogP contribution in [-0.2, 0) is 16.0 Å². The Morgan fingerprint density at radius 3 is 2.31 bits per heavy atom. The second-order valence-corrected chi connectivity index (χ2v) is 8.46. The van der Waals surface area contributed by atoms with Gasteiger partial charge in [-0.15, -0.1) is 0 Å². The van der Waals surface area contributed by atoms with E-state index in [4.69, 9.17) is 15.6 Å². The van der Waals surface area contributed by atoms with Gasteiger partial charge in [-0.2, -0.15) is 13.2 Å². The normalized spacial score (nSPS) is 15.3. The molecule has 186 valence electrons. The van der Waals surface area contributed by atoms with Crippen molar-refractivity contribution in [2.45, 2.75) is 31.4 Å². The number of hydrogen-bond donors (Lipinski definition) is 2. The predicted octanol–water partition coefficient (Wildman–Crippen LogP) is 4.39. The highest BCUT2D eigenvalue weighted by Gasteiger charge is 2.38. The molecule has 0 bridgehead atoms. The van der Waals surface area contributed by atoms with Gasteiger partial charge in [0.05, 0.1) is 6.42 Å². The van der Waals surface area contributed by atoms with Crippen LogP contribution in [0.1, 0.15) is 29.9 Å². The molecule has 1 aromatic heterocycles. The lowest BCUT2D eigenvalue weighted by molar-refractivity contribution is -0.192. The summed E-state index contributed by atoms with van der Waals surface area (Å²) in [4.78, 5) is 28.0. The van der Waals surface area contributed by atoms with Crippen LogP contribution in [0, 0.1) is 5.92 Å². The molecule has 35 heavy (non-hydrogen) atoms. The molecular weight excluding hydrogens is 459 g/mol. The van der Waals surface area contributed by atoms with Gasteiger partial charge >= 0.3 is 12.1 Å². The van der Waals surface area contributed by atoms with Crippen LogP contribution in [0.5, 0.6) is 0 Å². The highest BCUT2D eigenvalue weighted by Crippen LogP contribution is 2.32. The predicted molar refractivity (Wildman–Crippen MR) is 127 cm³/mol. The quantitative estimate of drug-likeness (QED) is 0.557. The van der Waals surface area contributed by atoms with Crippen molar-refractivity contribution in [1.82, 2.24) is 9.88 Å². The highest BCUT2D eigenvalue weighted by molar-refractivity contribution is 5.89. The van der Waals surface area contributed by atoms with Gasteiger partial charge in [-0.3, -0.25) is 9.78 Å². The van der Waals surface area contributed by atoms with Gasteiger partial charge in [-0.1, -0.05) is 48.5 Å². The average molecular weight is 488 g/mol. The molecule has 1 unspecified atom stereocenters. The summed E-state index contributed by atoms with van der Waals surface area (Å²) in [6, 6.07) is 18.6. The van der Waals surface area contributed by atoms with E-state index in [9.17, 15) is 18.0 Å². The van der Waals surface area contributed by atoms with Gasteiger partial charge < -0.3 is 15.7 Å². The molecule has 0 aliphatic carbocycles. The SMILES string of the molecule is NCC(c1ccccc1)C1CCN(C(=O)Cc2cccc3cnccc23)CC1.O=C(O)C(F)(F)F. The fraction of sp³-hybridized carbons (Fsp3) is 0.346. The van der Waals surface area contributed by atoms with Crippen LogP contribution in [-0.4, -0.2) is 52.7 Å². The van der Waals surface area contributed by atoms with Gasteiger partial charge in [0.2, 0.25) is 5.91 Å². The number of carbonyl (C=O) groups excluding carboxylic acids is 1. The first-order valence-electron chi connectivity index (χ1n) is 11.3. The molecule has 1 atom stereocenters. The fourth-order valence-corrected chi connectivity index (χ4v) is 4.47. The van der Waals surface area contributed by atoms with E-state index in [1.165, 1.54) is 5.56 Å². The summed E-state index contributed by atoms with van der Waals surface area (Å²) in [7, 11) is 0. The van der Waals surface area contributed by atoms with Crippen molar-refractivity contribution < 1.29 is 27.9 Å². The first-order valence-corrected chi connectivity index (χ1v) is 11.3. The molecule has 1 fully saturated rings. The zero-order valence-corrected chi connectivity index (χ0v) is 19.1. The number of rotatable bonds is 5. The minimum atomic E-state index is -5.08. The first kappa shape index (κ1) is 26.2. The summed E-state index contributed by atoms with van der Waals surface area (Å²) in [6.07, 6.45) is 1.04. The number of aromatic nitrogens is 1. The summed E-state index contributed by atoms with van der Waals surface area (Å²) < 4.78 is 31.7. The van der Waals surface area contributed by atoms with Gasteiger partial charge in [0, 0.05) is 30.9 Å². The van der Waals surface area contributed by atoms with Crippen LogP contribution in [0.2, 0.25) is 0 Å². The van der Waals surface area contributed by atoms with E-state index in [0.717, 1.165) is 42.3 Å². The molecule has 3 N–H and O–H groups in total. The number of halogens is 3. The topological polar surface area (TPSA) is 96.5 Å². The number of pyridine rings is 1. The minimum absolute atomic E-state index is 0.215. The first-order chi connectivity index (χ1) is 16.7. The number of aliphatic carboxylic acids is 1. The van der Waals surface area contributed by atoms with Crippen molar-refractivity contribution >= 4 is 22.6 Å². The zero-order chi connectivity index (χ0) is 25.4. The largest absolute Gasteiger partial charge is 0.490 e. The summed E-state index contributed by atoms with van der Waals surface area (Å²) in [5.74, 6) is -1.62. The Balaban J connectivity index is 0.000000429. The Hall–Kier alpha value is -3.46.